The number of hydrogen-bond donors (Lipinski definition) is 0. The predicted molar refractivity (Wildman–Crippen MR) is 54.2 cm³/mol. The molecule has 0 rings (SSSR count). The number of hydrogen-bond acceptors (Lipinski definition) is 2. The average molecular weight is 185 g/mol. The van der Waals surface area contributed by atoms with Crippen LogP contribution in [0.15, 0.2) is 0 Å². The lowest BCUT2D eigenvalue weighted by molar-refractivity contribution is 0.137. The molecule has 0 spiro atoms. The topological polar surface area (TPSA) is 26.3 Å². The van der Waals surface area contributed by atoms with Crippen molar-refractivity contribution >= 4 is 6.47 Å². The highest BCUT2D eigenvalue weighted by Gasteiger charge is 2.12. The van der Waals surface area contributed by atoms with Crippen molar-refractivity contribution in [3.8, 4) is 0 Å². The predicted octanol–water partition coefficient (Wildman–Crippen LogP) is 3.07. The van der Waals surface area contributed by atoms with Crippen LogP contribution in [-0.4, -0.2) is 12.6 Å². The molecule has 0 saturated heterocycles. The summed E-state index contributed by atoms with van der Waals surface area (Å²) in [5.41, 5.74) is 0. The van der Waals surface area contributed by atoms with Gasteiger partial charge < -0.3 is 4.74 Å². The minimum atomic E-state index is 0.0902. The van der Waals surface area contributed by atoms with Gasteiger partial charge in [-0.3, -0.25) is 0 Å². The van der Waals surface area contributed by atoms with Crippen molar-refractivity contribution in [1.82, 2.24) is 0 Å². The highest BCUT2D eigenvalue weighted by atomic mass is 16.5. The van der Waals surface area contributed by atoms with Crippen molar-refractivity contribution in [1.29, 1.82) is 0 Å². The van der Waals surface area contributed by atoms with Gasteiger partial charge in [0.2, 0.25) is 0 Å². The lowest BCUT2D eigenvalue weighted by Crippen LogP contribution is -2.15. The molecular weight excluding hydrogens is 164 g/mol. The lowest BCUT2D eigenvalue weighted by Gasteiger charge is -2.17. The summed E-state index contributed by atoms with van der Waals surface area (Å²) in [4.78, 5) is 10.1. The Labute approximate surface area is 81.7 Å². The molecule has 0 bridgehead atoms. The molecular formula is C11H21O2. The Hall–Kier alpha value is -0.530. The molecule has 0 aliphatic carbocycles. The maximum absolute atomic E-state index is 10.1. The summed E-state index contributed by atoms with van der Waals surface area (Å²) in [6, 6.07) is 0. The summed E-state index contributed by atoms with van der Waals surface area (Å²) in [6.07, 6.45) is 5.47. The monoisotopic (exact) mass is 185 g/mol. The van der Waals surface area contributed by atoms with Crippen LogP contribution >= 0.6 is 0 Å². The quantitative estimate of drug-likeness (QED) is 0.581. The first-order valence-corrected chi connectivity index (χ1v) is 5.27. The van der Waals surface area contributed by atoms with Gasteiger partial charge >= 0.3 is 6.47 Å². The molecule has 0 fully saturated rings. The summed E-state index contributed by atoms with van der Waals surface area (Å²) in [7, 11) is 0. The van der Waals surface area contributed by atoms with Crippen molar-refractivity contribution in [2.45, 2.75) is 59.0 Å². The van der Waals surface area contributed by atoms with E-state index in [-0.39, 0.29) is 6.10 Å². The van der Waals surface area contributed by atoms with Gasteiger partial charge in [0, 0.05) is 0 Å². The second-order valence-corrected chi connectivity index (χ2v) is 3.71. The molecule has 0 aliphatic rings. The number of unbranched alkanes of at least 4 members (excludes halogenated alkanes) is 1. The molecule has 1 radical (unpaired) electrons. The second kappa shape index (κ2) is 8.09. The van der Waals surface area contributed by atoms with Gasteiger partial charge in [-0.15, -0.1) is 0 Å². The van der Waals surface area contributed by atoms with Crippen molar-refractivity contribution in [2.24, 2.45) is 5.92 Å². The highest BCUT2D eigenvalue weighted by molar-refractivity contribution is 5.38. The van der Waals surface area contributed by atoms with Crippen LogP contribution in [-0.2, 0) is 9.53 Å². The van der Waals surface area contributed by atoms with Crippen molar-refractivity contribution in [2.75, 3.05) is 0 Å². The Bertz CT molecular complexity index is 123. The lowest BCUT2D eigenvalue weighted by atomic mass is 9.98. The Morgan fingerprint density at radius 3 is 2.54 bits per heavy atom. The molecule has 77 valence electrons. The zero-order valence-electron chi connectivity index (χ0n) is 9.01. The van der Waals surface area contributed by atoms with Crippen LogP contribution in [0, 0.1) is 5.92 Å². The van der Waals surface area contributed by atoms with Crippen LogP contribution in [0.2, 0.25) is 0 Å². The maximum atomic E-state index is 10.1. The third-order valence-electron chi connectivity index (χ3n) is 2.46. The normalized spacial score (nSPS) is 15.0. The van der Waals surface area contributed by atoms with Gasteiger partial charge in [0.15, 0.2) is 0 Å². The van der Waals surface area contributed by atoms with Crippen LogP contribution in [0.4, 0.5) is 0 Å². The summed E-state index contributed by atoms with van der Waals surface area (Å²) in [5, 5.41) is 0. The molecule has 0 aliphatic heterocycles. The van der Waals surface area contributed by atoms with E-state index in [9.17, 15) is 4.79 Å². The van der Waals surface area contributed by atoms with E-state index in [4.69, 9.17) is 4.74 Å². The first-order chi connectivity index (χ1) is 6.24. The minimum Gasteiger partial charge on any atom is -0.454 e. The van der Waals surface area contributed by atoms with Crippen molar-refractivity contribution in [3.05, 3.63) is 0 Å². The molecule has 2 unspecified atom stereocenters. The summed E-state index contributed by atoms with van der Waals surface area (Å²) in [6.45, 7) is 8.05. The summed E-state index contributed by atoms with van der Waals surface area (Å²) < 4.78 is 4.91. The van der Waals surface area contributed by atoms with Crippen LogP contribution in [0.5, 0.6) is 0 Å². The molecule has 0 amide bonds. The van der Waals surface area contributed by atoms with Gasteiger partial charge in [-0.25, -0.2) is 4.79 Å². The average Bonchev–Trinajstić information content (AvgIpc) is 2.14. The molecule has 0 aromatic carbocycles. The molecule has 13 heavy (non-hydrogen) atoms. The van der Waals surface area contributed by atoms with Gasteiger partial charge in [0.05, 0.1) is 0 Å². The van der Waals surface area contributed by atoms with Crippen LogP contribution < -0.4 is 0 Å². The highest BCUT2D eigenvalue weighted by Crippen LogP contribution is 2.16. The van der Waals surface area contributed by atoms with E-state index in [2.05, 4.69) is 20.8 Å². The van der Waals surface area contributed by atoms with Crippen molar-refractivity contribution < 1.29 is 9.53 Å². The number of rotatable bonds is 8. The van der Waals surface area contributed by atoms with E-state index >= 15 is 0 Å². The smallest absolute Gasteiger partial charge is 0.417 e. The number of ether oxygens (including phenoxy) is 1. The molecule has 2 atom stereocenters. The summed E-state index contributed by atoms with van der Waals surface area (Å²) in [5.74, 6) is 0.634. The fourth-order valence-corrected chi connectivity index (χ4v) is 1.34. The fourth-order valence-electron chi connectivity index (χ4n) is 1.34. The first kappa shape index (κ1) is 12.5. The summed E-state index contributed by atoms with van der Waals surface area (Å²) >= 11 is 0. The van der Waals surface area contributed by atoms with E-state index in [1.807, 2.05) is 0 Å². The zero-order valence-corrected chi connectivity index (χ0v) is 9.01. The molecule has 2 nitrogen and oxygen atoms in total. The van der Waals surface area contributed by atoms with E-state index in [1.54, 1.807) is 6.47 Å². The standard InChI is InChI=1S/C11H21O2/c1-4-6-7-11(13-9-12)8-10(3)5-2/h10-11H,4-8H2,1-3H3. The largest absolute Gasteiger partial charge is 0.454 e. The van der Waals surface area contributed by atoms with Gasteiger partial charge in [-0.2, -0.15) is 0 Å². The Kier molecular flexibility index (Phi) is 7.76. The van der Waals surface area contributed by atoms with Gasteiger partial charge in [-0.1, -0.05) is 40.0 Å². The molecule has 0 saturated carbocycles. The SMILES string of the molecule is CCCCC(CC(C)CC)O[C]=O. The van der Waals surface area contributed by atoms with E-state index in [0.717, 1.165) is 32.1 Å². The van der Waals surface area contributed by atoms with Crippen LogP contribution in [0.3, 0.4) is 0 Å². The van der Waals surface area contributed by atoms with Gasteiger partial charge in [-0.05, 0) is 18.8 Å². The van der Waals surface area contributed by atoms with E-state index in [1.165, 1.54) is 0 Å². The van der Waals surface area contributed by atoms with E-state index in [0.29, 0.717) is 5.92 Å². The van der Waals surface area contributed by atoms with E-state index < -0.39 is 0 Å². The fraction of sp³-hybridized carbons (Fsp3) is 0.909. The molecule has 0 heterocycles. The number of carbonyl (C=O) groups excluding carboxylic acids is 1. The molecule has 0 N–H and O–H groups in total. The Balaban J connectivity index is 3.71. The second-order valence-electron chi connectivity index (χ2n) is 3.71. The van der Waals surface area contributed by atoms with Gasteiger partial charge in [0.1, 0.15) is 6.10 Å². The molecule has 0 aromatic heterocycles. The molecule has 2 heteroatoms. The van der Waals surface area contributed by atoms with Crippen molar-refractivity contribution in [3.63, 3.8) is 0 Å². The molecule has 0 aromatic rings. The Morgan fingerprint density at radius 1 is 1.38 bits per heavy atom. The van der Waals surface area contributed by atoms with Gasteiger partial charge in [0.25, 0.3) is 0 Å². The first-order valence-electron chi connectivity index (χ1n) is 5.27. The van der Waals surface area contributed by atoms with Crippen LogP contribution in [0.1, 0.15) is 52.9 Å². The maximum Gasteiger partial charge on any atom is 0.417 e. The third kappa shape index (κ3) is 6.62. The van der Waals surface area contributed by atoms with Crippen LogP contribution in [0.25, 0.3) is 0 Å². The third-order valence-corrected chi connectivity index (χ3v) is 2.46. The Morgan fingerprint density at radius 2 is 2.08 bits per heavy atom. The zero-order chi connectivity index (χ0) is 10.1. The minimum absolute atomic E-state index is 0.0902.